The highest BCUT2D eigenvalue weighted by Crippen LogP contribution is 2.06. The van der Waals surface area contributed by atoms with Crippen LogP contribution in [0.15, 0.2) is 0 Å². The largest absolute Gasteiger partial charge is 0.379 e. The third kappa shape index (κ3) is 6.46. The smallest absolute Gasteiger partial charge is 0.0594 e. The van der Waals surface area contributed by atoms with E-state index in [0.717, 1.165) is 45.3 Å². The summed E-state index contributed by atoms with van der Waals surface area (Å²) in [6, 6.07) is 0.656. The van der Waals surface area contributed by atoms with Crippen molar-refractivity contribution >= 4 is 0 Å². The first-order valence-corrected chi connectivity index (χ1v) is 6.72. The quantitative estimate of drug-likeness (QED) is 0.718. The molecule has 0 aromatic heterocycles. The Balaban J connectivity index is 1.96. The molecular weight excluding hydrogens is 200 g/mol. The first-order chi connectivity index (χ1) is 7.68. The lowest BCUT2D eigenvalue weighted by Gasteiger charge is -2.27. The third-order valence-corrected chi connectivity index (χ3v) is 3.20. The SMILES string of the molecule is CC(C)CCC(C)NCCN1CCOCC1. The number of morpholine rings is 1. The second-order valence-electron chi connectivity index (χ2n) is 5.28. The van der Waals surface area contributed by atoms with E-state index in [1.807, 2.05) is 0 Å². The molecule has 1 N–H and O–H groups in total. The molecule has 0 aliphatic carbocycles. The molecule has 0 aromatic rings. The van der Waals surface area contributed by atoms with Gasteiger partial charge in [0.25, 0.3) is 0 Å². The Hall–Kier alpha value is -0.120. The standard InChI is InChI=1S/C13H28N2O/c1-12(2)4-5-13(3)14-6-7-15-8-10-16-11-9-15/h12-14H,4-11H2,1-3H3. The van der Waals surface area contributed by atoms with Gasteiger partial charge in [0.15, 0.2) is 0 Å². The predicted molar refractivity (Wildman–Crippen MR) is 68.8 cm³/mol. The van der Waals surface area contributed by atoms with Gasteiger partial charge in [-0.05, 0) is 25.7 Å². The molecule has 0 radical (unpaired) electrons. The summed E-state index contributed by atoms with van der Waals surface area (Å²) in [5, 5.41) is 3.60. The van der Waals surface area contributed by atoms with Crippen LogP contribution in [0.1, 0.15) is 33.6 Å². The van der Waals surface area contributed by atoms with E-state index in [1.54, 1.807) is 0 Å². The van der Waals surface area contributed by atoms with Gasteiger partial charge in [-0.1, -0.05) is 13.8 Å². The molecule has 0 spiro atoms. The van der Waals surface area contributed by atoms with Crippen LogP contribution < -0.4 is 5.32 Å². The lowest BCUT2D eigenvalue weighted by atomic mass is 10.0. The average molecular weight is 228 g/mol. The Kier molecular flexibility index (Phi) is 7.01. The summed E-state index contributed by atoms with van der Waals surface area (Å²) in [6.45, 7) is 13.2. The van der Waals surface area contributed by atoms with Gasteiger partial charge >= 0.3 is 0 Å². The Bertz CT molecular complexity index is 167. The maximum Gasteiger partial charge on any atom is 0.0594 e. The van der Waals surface area contributed by atoms with E-state index < -0.39 is 0 Å². The van der Waals surface area contributed by atoms with Crippen LogP contribution in [0.2, 0.25) is 0 Å². The molecule has 1 aliphatic heterocycles. The van der Waals surface area contributed by atoms with Crippen molar-refractivity contribution in [1.29, 1.82) is 0 Å². The van der Waals surface area contributed by atoms with Crippen LogP contribution in [0.25, 0.3) is 0 Å². The number of nitrogens with one attached hydrogen (secondary N) is 1. The molecule has 1 saturated heterocycles. The fourth-order valence-electron chi connectivity index (χ4n) is 1.98. The Morgan fingerprint density at radius 2 is 1.81 bits per heavy atom. The summed E-state index contributed by atoms with van der Waals surface area (Å²) >= 11 is 0. The van der Waals surface area contributed by atoms with E-state index >= 15 is 0 Å². The molecule has 3 heteroatoms. The van der Waals surface area contributed by atoms with Crippen LogP contribution in [0.5, 0.6) is 0 Å². The van der Waals surface area contributed by atoms with Gasteiger partial charge in [0.2, 0.25) is 0 Å². The maximum absolute atomic E-state index is 5.33. The molecule has 0 amide bonds. The first-order valence-electron chi connectivity index (χ1n) is 6.72. The first kappa shape index (κ1) is 13.9. The van der Waals surface area contributed by atoms with Gasteiger partial charge in [-0.15, -0.1) is 0 Å². The molecule has 16 heavy (non-hydrogen) atoms. The predicted octanol–water partition coefficient (Wildman–Crippen LogP) is 1.73. The van der Waals surface area contributed by atoms with Gasteiger partial charge in [0.05, 0.1) is 13.2 Å². The Labute approximate surface area is 101 Å². The molecule has 0 bridgehead atoms. The van der Waals surface area contributed by atoms with Crippen molar-refractivity contribution < 1.29 is 4.74 Å². The number of hydrogen-bond donors (Lipinski definition) is 1. The average Bonchev–Trinajstić information content (AvgIpc) is 2.28. The van der Waals surface area contributed by atoms with Crippen molar-refractivity contribution in [3.63, 3.8) is 0 Å². The summed E-state index contributed by atoms with van der Waals surface area (Å²) in [5.41, 5.74) is 0. The Morgan fingerprint density at radius 3 is 2.44 bits per heavy atom. The van der Waals surface area contributed by atoms with E-state index in [1.165, 1.54) is 12.8 Å². The number of ether oxygens (including phenoxy) is 1. The van der Waals surface area contributed by atoms with Crippen LogP contribution in [0.4, 0.5) is 0 Å². The minimum absolute atomic E-state index is 0.656. The molecule has 0 aromatic carbocycles. The van der Waals surface area contributed by atoms with Crippen molar-refractivity contribution in [2.75, 3.05) is 39.4 Å². The Morgan fingerprint density at radius 1 is 1.12 bits per heavy atom. The lowest BCUT2D eigenvalue weighted by Crippen LogP contribution is -2.41. The highest BCUT2D eigenvalue weighted by molar-refractivity contribution is 4.66. The number of nitrogens with zero attached hydrogens (tertiary/aromatic N) is 1. The van der Waals surface area contributed by atoms with Crippen LogP contribution in [0.3, 0.4) is 0 Å². The van der Waals surface area contributed by atoms with Gasteiger partial charge in [-0.25, -0.2) is 0 Å². The van der Waals surface area contributed by atoms with E-state index in [-0.39, 0.29) is 0 Å². The summed E-state index contributed by atoms with van der Waals surface area (Å²) < 4.78 is 5.33. The summed E-state index contributed by atoms with van der Waals surface area (Å²) in [4.78, 5) is 2.48. The molecule has 1 fully saturated rings. The maximum atomic E-state index is 5.33. The zero-order valence-electron chi connectivity index (χ0n) is 11.2. The van der Waals surface area contributed by atoms with Crippen molar-refractivity contribution in [1.82, 2.24) is 10.2 Å². The monoisotopic (exact) mass is 228 g/mol. The normalized spacial score (nSPS) is 20.2. The fourth-order valence-corrected chi connectivity index (χ4v) is 1.98. The molecule has 0 saturated carbocycles. The minimum atomic E-state index is 0.656. The summed E-state index contributed by atoms with van der Waals surface area (Å²) in [7, 11) is 0. The molecular formula is C13H28N2O. The van der Waals surface area contributed by atoms with Crippen molar-refractivity contribution in [2.45, 2.75) is 39.7 Å². The minimum Gasteiger partial charge on any atom is -0.379 e. The topological polar surface area (TPSA) is 24.5 Å². The third-order valence-electron chi connectivity index (χ3n) is 3.20. The molecule has 1 unspecified atom stereocenters. The highest BCUT2D eigenvalue weighted by Gasteiger charge is 2.10. The van der Waals surface area contributed by atoms with Gasteiger partial charge in [-0.2, -0.15) is 0 Å². The van der Waals surface area contributed by atoms with Gasteiger partial charge in [-0.3, -0.25) is 4.90 Å². The number of hydrogen-bond acceptors (Lipinski definition) is 3. The zero-order chi connectivity index (χ0) is 11.8. The lowest BCUT2D eigenvalue weighted by molar-refractivity contribution is 0.0381. The van der Waals surface area contributed by atoms with E-state index in [4.69, 9.17) is 4.74 Å². The van der Waals surface area contributed by atoms with E-state index in [0.29, 0.717) is 6.04 Å². The number of rotatable bonds is 7. The summed E-state index contributed by atoms with van der Waals surface area (Å²) in [6.07, 6.45) is 2.62. The van der Waals surface area contributed by atoms with Gasteiger partial charge in [0.1, 0.15) is 0 Å². The van der Waals surface area contributed by atoms with Crippen LogP contribution in [-0.4, -0.2) is 50.3 Å². The molecule has 1 atom stereocenters. The highest BCUT2D eigenvalue weighted by atomic mass is 16.5. The van der Waals surface area contributed by atoms with Gasteiger partial charge < -0.3 is 10.1 Å². The fraction of sp³-hybridized carbons (Fsp3) is 1.00. The second kappa shape index (κ2) is 8.04. The van der Waals surface area contributed by atoms with Crippen LogP contribution in [-0.2, 0) is 4.74 Å². The summed E-state index contributed by atoms with van der Waals surface area (Å²) in [5.74, 6) is 0.823. The van der Waals surface area contributed by atoms with E-state index in [2.05, 4.69) is 31.0 Å². The molecule has 96 valence electrons. The second-order valence-corrected chi connectivity index (χ2v) is 5.28. The van der Waals surface area contributed by atoms with E-state index in [9.17, 15) is 0 Å². The van der Waals surface area contributed by atoms with Crippen LogP contribution >= 0.6 is 0 Å². The molecule has 3 nitrogen and oxygen atoms in total. The molecule has 1 heterocycles. The van der Waals surface area contributed by atoms with Crippen molar-refractivity contribution in [3.8, 4) is 0 Å². The molecule has 1 rings (SSSR count). The van der Waals surface area contributed by atoms with Crippen molar-refractivity contribution in [2.24, 2.45) is 5.92 Å². The molecule has 1 aliphatic rings. The van der Waals surface area contributed by atoms with Crippen molar-refractivity contribution in [3.05, 3.63) is 0 Å². The van der Waals surface area contributed by atoms with Crippen LogP contribution in [0, 0.1) is 5.92 Å². The zero-order valence-corrected chi connectivity index (χ0v) is 11.2. The van der Waals surface area contributed by atoms with Gasteiger partial charge in [0, 0.05) is 32.2 Å².